The maximum absolute atomic E-state index is 5.91. The van der Waals surface area contributed by atoms with Crippen LogP contribution >= 0.6 is 11.3 Å². The van der Waals surface area contributed by atoms with E-state index in [0.717, 1.165) is 44.7 Å². The lowest BCUT2D eigenvalue weighted by Crippen LogP contribution is -1.97. The quantitative estimate of drug-likeness (QED) is 0.561. The second-order valence-corrected chi connectivity index (χ2v) is 7.62. The molecular weight excluding hydrogens is 364 g/mol. The minimum absolute atomic E-state index is 0.288. The summed E-state index contributed by atoms with van der Waals surface area (Å²) in [5.74, 6) is 3.12. The van der Waals surface area contributed by atoms with Crippen LogP contribution in [0.25, 0.3) is 33.5 Å². The second kappa shape index (κ2) is 6.23. The summed E-state index contributed by atoms with van der Waals surface area (Å²) < 4.78 is 5.91. The summed E-state index contributed by atoms with van der Waals surface area (Å²) in [7, 11) is 0. The number of rotatable bonds is 3. The zero-order valence-corrected chi connectivity index (χ0v) is 15.5. The molecule has 0 atom stereocenters. The standard InChI is InChI=1S/C17H16N8OS/c1-8(2)14-19-16(21-20-14)17-18-13-10-7-9(15-22-24-25-23-15)3-4-11(10)26-6-5-12(13)27-17/h3-4,7-8H,5-6H2,1-2H3,(H,19,20,21)(H,22,23,24,25). The van der Waals surface area contributed by atoms with Gasteiger partial charge < -0.3 is 4.74 Å². The first-order chi connectivity index (χ1) is 13.2. The first kappa shape index (κ1) is 16.1. The Bertz CT molecular complexity index is 1100. The molecule has 1 aliphatic rings. The maximum atomic E-state index is 5.91. The molecule has 9 nitrogen and oxygen atoms in total. The van der Waals surface area contributed by atoms with Gasteiger partial charge in [-0.3, -0.25) is 5.10 Å². The summed E-state index contributed by atoms with van der Waals surface area (Å²) in [5, 5.41) is 22.4. The van der Waals surface area contributed by atoms with E-state index in [1.165, 1.54) is 0 Å². The van der Waals surface area contributed by atoms with E-state index in [0.29, 0.717) is 18.3 Å². The van der Waals surface area contributed by atoms with E-state index in [9.17, 15) is 0 Å². The van der Waals surface area contributed by atoms with Crippen LogP contribution in [0.5, 0.6) is 5.75 Å². The highest BCUT2D eigenvalue weighted by Gasteiger charge is 2.23. The molecule has 0 radical (unpaired) electrons. The summed E-state index contributed by atoms with van der Waals surface area (Å²) in [5.41, 5.74) is 2.68. The lowest BCUT2D eigenvalue weighted by atomic mass is 10.1. The van der Waals surface area contributed by atoms with Gasteiger partial charge in [0.25, 0.3) is 0 Å². The van der Waals surface area contributed by atoms with Crippen LogP contribution in [0.2, 0.25) is 0 Å². The molecule has 136 valence electrons. The summed E-state index contributed by atoms with van der Waals surface area (Å²) in [6.45, 7) is 4.76. The Hall–Kier alpha value is -3.14. The van der Waals surface area contributed by atoms with Crippen molar-refractivity contribution in [3.63, 3.8) is 0 Å². The number of tetrazole rings is 1. The van der Waals surface area contributed by atoms with Crippen molar-refractivity contribution in [2.45, 2.75) is 26.2 Å². The van der Waals surface area contributed by atoms with E-state index in [2.05, 4.69) is 49.7 Å². The number of aromatic nitrogens is 8. The first-order valence-corrected chi connectivity index (χ1v) is 9.44. The number of hydrogen-bond acceptors (Lipinski definition) is 8. The van der Waals surface area contributed by atoms with Gasteiger partial charge in [0.15, 0.2) is 5.01 Å². The monoisotopic (exact) mass is 380 g/mol. The van der Waals surface area contributed by atoms with Crippen LogP contribution < -0.4 is 4.74 Å². The molecule has 0 amide bonds. The first-order valence-electron chi connectivity index (χ1n) is 8.62. The van der Waals surface area contributed by atoms with Gasteiger partial charge in [0, 0.05) is 28.3 Å². The number of benzene rings is 1. The molecule has 4 heterocycles. The van der Waals surface area contributed by atoms with Gasteiger partial charge in [-0.15, -0.1) is 21.5 Å². The lowest BCUT2D eigenvalue weighted by Gasteiger charge is -2.07. The van der Waals surface area contributed by atoms with Crippen LogP contribution in [0.15, 0.2) is 18.2 Å². The van der Waals surface area contributed by atoms with Crippen LogP contribution in [-0.4, -0.2) is 47.4 Å². The number of hydrogen-bond donors (Lipinski definition) is 2. The summed E-state index contributed by atoms with van der Waals surface area (Å²) in [6.07, 6.45) is 0.792. The van der Waals surface area contributed by atoms with Gasteiger partial charge in [0.1, 0.15) is 11.6 Å². The van der Waals surface area contributed by atoms with Crippen LogP contribution in [-0.2, 0) is 6.42 Å². The molecule has 27 heavy (non-hydrogen) atoms. The smallest absolute Gasteiger partial charge is 0.210 e. The Labute approximate surface area is 158 Å². The highest BCUT2D eigenvalue weighted by Crippen LogP contribution is 2.41. The molecule has 4 aromatic rings. The van der Waals surface area contributed by atoms with E-state index in [1.54, 1.807) is 11.3 Å². The second-order valence-electron chi connectivity index (χ2n) is 6.53. The third-order valence-corrected chi connectivity index (χ3v) is 5.47. The van der Waals surface area contributed by atoms with Gasteiger partial charge in [-0.1, -0.05) is 13.8 Å². The van der Waals surface area contributed by atoms with E-state index in [4.69, 9.17) is 9.72 Å². The van der Waals surface area contributed by atoms with Gasteiger partial charge >= 0.3 is 0 Å². The van der Waals surface area contributed by atoms with Crippen molar-refractivity contribution in [2.24, 2.45) is 0 Å². The fourth-order valence-electron chi connectivity index (χ4n) is 2.97. The normalized spacial score (nSPS) is 13.1. The third kappa shape index (κ3) is 2.78. The Morgan fingerprint density at radius 3 is 2.85 bits per heavy atom. The molecule has 0 aliphatic carbocycles. The van der Waals surface area contributed by atoms with Gasteiger partial charge in [0.05, 0.1) is 12.3 Å². The molecule has 0 unspecified atom stereocenters. The van der Waals surface area contributed by atoms with Crippen LogP contribution in [0.3, 0.4) is 0 Å². The van der Waals surface area contributed by atoms with E-state index < -0.39 is 0 Å². The van der Waals surface area contributed by atoms with Crippen molar-refractivity contribution >= 4 is 11.3 Å². The minimum atomic E-state index is 0.288. The van der Waals surface area contributed by atoms with Crippen LogP contribution in [0, 0.1) is 0 Å². The predicted molar refractivity (Wildman–Crippen MR) is 99.4 cm³/mol. The minimum Gasteiger partial charge on any atom is -0.493 e. The fraction of sp³-hybridized carbons (Fsp3) is 0.294. The lowest BCUT2D eigenvalue weighted by molar-refractivity contribution is 0.327. The Morgan fingerprint density at radius 2 is 2.07 bits per heavy atom. The maximum Gasteiger partial charge on any atom is 0.210 e. The largest absolute Gasteiger partial charge is 0.493 e. The zero-order valence-electron chi connectivity index (χ0n) is 14.7. The number of H-pyrrole nitrogens is 2. The van der Waals surface area contributed by atoms with E-state index in [-0.39, 0.29) is 5.92 Å². The molecule has 1 aromatic carbocycles. The molecule has 3 aromatic heterocycles. The SMILES string of the molecule is CC(C)c1nc(-c2nc3c(s2)CCOc2ccc(-c4nn[nH]n4)cc2-3)n[nH]1. The topological polar surface area (TPSA) is 118 Å². The van der Waals surface area contributed by atoms with Gasteiger partial charge in [-0.2, -0.15) is 10.3 Å². The Morgan fingerprint density at radius 1 is 1.15 bits per heavy atom. The number of aromatic amines is 2. The molecule has 10 heteroatoms. The van der Waals surface area contributed by atoms with Crippen molar-refractivity contribution < 1.29 is 4.74 Å². The van der Waals surface area contributed by atoms with Crippen molar-refractivity contribution in [1.82, 2.24) is 40.8 Å². The van der Waals surface area contributed by atoms with Gasteiger partial charge in [0.2, 0.25) is 11.6 Å². The highest BCUT2D eigenvalue weighted by atomic mass is 32.1. The average Bonchev–Trinajstić information content (AvgIpc) is 3.41. The average molecular weight is 380 g/mol. The molecule has 0 fully saturated rings. The third-order valence-electron chi connectivity index (χ3n) is 4.36. The van der Waals surface area contributed by atoms with Crippen LogP contribution in [0.4, 0.5) is 0 Å². The summed E-state index contributed by atoms with van der Waals surface area (Å²) in [6, 6.07) is 5.84. The predicted octanol–water partition coefficient (Wildman–Crippen LogP) is 2.83. The summed E-state index contributed by atoms with van der Waals surface area (Å²) >= 11 is 1.61. The molecule has 2 N–H and O–H groups in total. The van der Waals surface area contributed by atoms with Crippen LogP contribution in [0.1, 0.15) is 30.5 Å². The molecule has 1 aliphatic heterocycles. The fourth-order valence-corrected chi connectivity index (χ4v) is 3.96. The molecule has 0 saturated heterocycles. The number of fused-ring (bicyclic) bond motifs is 3. The van der Waals surface area contributed by atoms with Gasteiger partial charge in [-0.25, -0.2) is 9.97 Å². The Kier molecular flexibility index (Phi) is 3.71. The number of nitrogens with one attached hydrogen (secondary N) is 2. The molecule has 5 rings (SSSR count). The number of ether oxygens (including phenoxy) is 1. The highest BCUT2D eigenvalue weighted by molar-refractivity contribution is 7.15. The molecular formula is C17H16N8OS. The number of nitrogens with zero attached hydrogens (tertiary/aromatic N) is 6. The molecule has 0 saturated carbocycles. The van der Waals surface area contributed by atoms with Gasteiger partial charge in [-0.05, 0) is 23.4 Å². The Balaban J connectivity index is 1.61. The van der Waals surface area contributed by atoms with E-state index in [1.807, 2.05) is 18.2 Å². The molecule has 0 bridgehead atoms. The van der Waals surface area contributed by atoms with Crippen molar-refractivity contribution in [1.29, 1.82) is 0 Å². The van der Waals surface area contributed by atoms with E-state index >= 15 is 0 Å². The van der Waals surface area contributed by atoms with Crippen molar-refractivity contribution in [3.05, 3.63) is 28.9 Å². The zero-order chi connectivity index (χ0) is 18.4. The number of thiazole rings is 1. The summed E-state index contributed by atoms with van der Waals surface area (Å²) in [4.78, 5) is 10.6. The van der Waals surface area contributed by atoms with Crippen molar-refractivity contribution in [2.75, 3.05) is 6.61 Å². The van der Waals surface area contributed by atoms with Crippen molar-refractivity contribution in [3.8, 4) is 39.2 Å². The molecule has 0 spiro atoms.